The molecule has 1 aliphatic rings. The first kappa shape index (κ1) is 16.3. The van der Waals surface area contributed by atoms with Crippen molar-refractivity contribution in [3.63, 3.8) is 0 Å². The van der Waals surface area contributed by atoms with Gasteiger partial charge in [-0.3, -0.25) is 4.90 Å². The van der Waals surface area contributed by atoms with E-state index >= 15 is 0 Å². The quantitative estimate of drug-likeness (QED) is 0.783. The first-order valence-corrected chi connectivity index (χ1v) is 7.59. The first-order valence-electron chi connectivity index (χ1n) is 7.59. The number of rotatable bonds is 7. The van der Waals surface area contributed by atoms with Gasteiger partial charge in [-0.05, 0) is 31.5 Å². The van der Waals surface area contributed by atoms with Crippen LogP contribution in [0.3, 0.4) is 0 Å². The predicted octanol–water partition coefficient (Wildman–Crippen LogP) is 2.56. The molecule has 0 spiro atoms. The topological polar surface area (TPSA) is 24.5 Å². The Balaban J connectivity index is 1.95. The third kappa shape index (κ3) is 4.73. The normalized spacial score (nSPS) is 19.9. The summed E-state index contributed by atoms with van der Waals surface area (Å²) >= 11 is 0. The lowest BCUT2D eigenvalue weighted by Gasteiger charge is -2.36. The molecule has 1 heterocycles. The molecule has 1 unspecified atom stereocenters. The van der Waals surface area contributed by atoms with Crippen LogP contribution in [0.4, 0.5) is 8.78 Å². The first-order chi connectivity index (χ1) is 10.2. The van der Waals surface area contributed by atoms with Gasteiger partial charge in [0, 0.05) is 38.3 Å². The van der Waals surface area contributed by atoms with Crippen LogP contribution in [0, 0.1) is 11.6 Å². The molecule has 0 radical (unpaired) electrons. The van der Waals surface area contributed by atoms with Gasteiger partial charge < -0.3 is 10.1 Å². The average molecular weight is 298 g/mol. The van der Waals surface area contributed by atoms with E-state index in [0.717, 1.165) is 32.5 Å². The minimum atomic E-state index is -0.452. The summed E-state index contributed by atoms with van der Waals surface area (Å²) in [5.74, 6) is -0.904. The molecular weight excluding hydrogens is 274 g/mol. The van der Waals surface area contributed by atoms with Gasteiger partial charge in [-0.1, -0.05) is 12.5 Å². The van der Waals surface area contributed by atoms with Gasteiger partial charge in [0.1, 0.15) is 11.6 Å². The molecule has 0 bridgehead atoms. The van der Waals surface area contributed by atoms with E-state index in [4.69, 9.17) is 4.74 Å². The average Bonchev–Trinajstić information content (AvgIpc) is 2.49. The van der Waals surface area contributed by atoms with Crippen molar-refractivity contribution in [2.75, 3.05) is 33.4 Å². The van der Waals surface area contributed by atoms with E-state index in [2.05, 4.69) is 10.2 Å². The number of hydrogen-bond donors (Lipinski definition) is 1. The molecule has 21 heavy (non-hydrogen) atoms. The maximum absolute atomic E-state index is 13.8. The minimum Gasteiger partial charge on any atom is -0.383 e. The highest BCUT2D eigenvalue weighted by Crippen LogP contribution is 2.22. The van der Waals surface area contributed by atoms with Crippen molar-refractivity contribution in [1.82, 2.24) is 10.2 Å². The SMILES string of the molecule is COCCNCC1CCCCN1Cc1c(F)cccc1F. The van der Waals surface area contributed by atoms with Crippen molar-refractivity contribution >= 4 is 0 Å². The Morgan fingerprint density at radius 1 is 1.29 bits per heavy atom. The molecule has 1 aromatic carbocycles. The third-order valence-electron chi connectivity index (χ3n) is 4.03. The molecule has 0 amide bonds. The highest BCUT2D eigenvalue weighted by Gasteiger charge is 2.24. The molecular formula is C16H24F2N2O. The molecule has 118 valence electrons. The van der Waals surface area contributed by atoms with Gasteiger partial charge in [0.25, 0.3) is 0 Å². The molecule has 5 heteroatoms. The summed E-state index contributed by atoms with van der Waals surface area (Å²) in [6.07, 6.45) is 3.33. The second-order valence-electron chi connectivity index (χ2n) is 5.52. The Hall–Kier alpha value is -1.04. The molecule has 1 saturated heterocycles. The van der Waals surface area contributed by atoms with Gasteiger partial charge in [-0.15, -0.1) is 0 Å². The van der Waals surface area contributed by atoms with E-state index in [0.29, 0.717) is 19.2 Å². The Morgan fingerprint density at radius 2 is 2.05 bits per heavy atom. The molecule has 0 aromatic heterocycles. The van der Waals surface area contributed by atoms with Crippen LogP contribution in [-0.4, -0.2) is 44.3 Å². The second kappa shape index (κ2) is 8.41. The van der Waals surface area contributed by atoms with Crippen LogP contribution in [0.1, 0.15) is 24.8 Å². The van der Waals surface area contributed by atoms with E-state index < -0.39 is 11.6 Å². The highest BCUT2D eigenvalue weighted by molar-refractivity contribution is 5.19. The number of hydrogen-bond acceptors (Lipinski definition) is 3. The Kier molecular flexibility index (Phi) is 6.54. The van der Waals surface area contributed by atoms with Crippen LogP contribution in [0.25, 0.3) is 0 Å². The summed E-state index contributed by atoms with van der Waals surface area (Å²) in [4.78, 5) is 2.19. The van der Waals surface area contributed by atoms with Crippen molar-refractivity contribution in [2.45, 2.75) is 31.8 Å². The van der Waals surface area contributed by atoms with E-state index in [1.807, 2.05) is 0 Å². The number of nitrogens with one attached hydrogen (secondary N) is 1. The number of likely N-dealkylation sites (tertiary alicyclic amines) is 1. The minimum absolute atomic E-state index is 0.182. The van der Waals surface area contributed by atoms with Crippen LogP contribution in [0.15, 0.2) is 18.2 Å². The Morgan fingerprint density at radius 3 is 2.76 bits per heavy atom. The summed E-state index contributed by atoms with van der Waals surface area (Å²) in [5, 5.41) is 3.35. The third-order valence-corrected chi connectivity index (χ3v) is 4.03. The van der Waals surface area contributed by atoms with Crippen LogP contribution in [0.5, 0.6) is 0 Å². The zero-order valence-corrected chi connectivity index (χ0v) is 12.6. The molecule has 3 nitrogen and oxygen atoms in total. The highest BCUT2D eigenvalue weighted by atomic mass is 19.1. The van der Waals surface area contributed by atoms with E-state index in [-0.39, 0.29) is 5.56 Å². The smallest absolute Gasteiger partial charge is 0.130 e. The molecule has 0 aliphatic carbocycles. The van der Waals surface area contributed by atoms with Crippen molar-refractivity contribution in [1.29, 1.82) is 0 Å². The number of halogens is 2. The molecule has 1 aliphatic heterocycles. The van der Waals surface area contributed by atoms with E-state index in [1.165, 1.54) is 24.6 Å². The van der Waals surface area contributed by atoms with Crippen LogP contribution in [-0.2, 0) is 11.3 Å². The fourth-order valence-corrected chi connectivity index (χ4v) is 2.83. The number of methoxy groups -OCH3 is 1. The van der Waals surface area contributed by atoms with Gasteiger partial charge >= 0.3 is 0 Å². The van der Waals surface area contributed by atoms with Crippen LogP contribution < -0.4 is 5.32 Å². The number of nitrogens with zero attached hydrogens (tertiary/aromatic N) is 1. The van der Waals surface area contributed by atoms with Gasteiger partial charge in [-0.2, -0.15) is 0 Å². The second-order valence-corrected chi connectivity index (χ2v) is 5.52. The van der Waals surface area contributed by atoms with Gasteiger partial charge in [0.05, 0.1) is 6.61 Å². The zero-order valence-electron chi connectivity index (χ0n) is 12.6. The van der Waals surface area contributed by atoms with E-state index in [9.17, 15) is 8.78 Å². The predicted molar refractivity (Wildman–Crippen MR) is 79.2 cm³/mol. The summed E-state index contributed by atoms with van der Waals surface area (Å²) in [6, 6.07) is 4.39. The Labute approximate surface area is 125 Å². The van der Waals surface area contributed by atoms with Crippen molar-refractivity contribution in [2.24, 2.45) is 0 Å². The number of benzene rings is 1. The van der Waals surface area contributed by atoms with Gasteiger partial charge in [0.2, 0.25) is 0 Å². The van der Waals surface area contributed by atoms with Crippen molar-refractivity contribution in [3.8, 4) is 0 Å². The van der Waals surface area contributed by atoms with Crippen LogP contribution in [0.2, 0.25) is 0 Å². The fraction of sp³-hybridized carbons (Fsp3) is 0.625. The lowest BCUT2D eigenvalue weighted by Crippen LogP contribution is -2.45. The van der Waals surface area contributed by atoms with E-state index in [1.54, 1.807) is 7.11 Å². The molecule has 1 fully saturated rings. The summed E-state index contributed by atoms with van der Waals surface area (Å²) < 4.78 is 32.6. The summed E-state index contributed by atoms with van der Waals surface area (Å²) in [6.45, 7) is 3.54. The summed E-state index contributed by atoms with van der Waals surface area (Å²) in [7, 11) is 1.68. The van der Waals surface area contributed by atoms with Crippen molar-refractivity contribution in [3.05, 3.63) is 35.4 Å². The van der Waals surface area contributed by atoms with Crippen molar-refractivity contribution < 1.29 is 13.5 Å². The molecule has 1 N–H and O–H groups in total. The molecule has 1 atom stereocenters. The van der Waals surface area contributed by atoms with Crippen LogP contribution >= 0.6 is 0 Å². The molecule has 1 aromatic rings. The zero-order chi connectivity index (χ0) is 15.1. The summed E-state index contributed by atoms with van der Waals surface area (Å²) in [5.41, 5.74) is 0.182. The maximum Gasteiger partial charge on any atom is 0.130 e. The lowest BCUT2D eigenvalue weighted by molar-refractivity contribution is 0.130. The molecule has 2 rings (SSSR count). The fourth-order valence-electron chi connectivity index (χ4n) is 2.83. The number of ether oxygens (including phenoxy) is 1. The van der Waals surface area contributed by atoms with Gasteiger partial charge in [0.15, 0.2) is 0 Å². The lowest BCUT2D eigenvalue weighted by atomic mass is 10.0. The largest absolute Gasteiger partial charge is 0.383 e. The standard InChI is InChI=1S/C16H24F2N2O/c1-21-10-8-19-11-13-5-2-3-9-20(13)12-14-15(17)6-4-7-16(14)18/h4,6-7,13,19H,2-3,5,8-12H2,1H3. The maximum atomic E-state index is 13.8. The molecule has 0 saturated carbocycles. The number of piperidine rings is 1. The monoisotopic (exact) mass is 298 g/mol. The Bertz CT molecular complexity index is 422. The van der Waals surface area contributed by atoms with Gasteiger partial charge in [-0.25, -0.2) is 8.78 Å².